The average molecular weight is 201 g/mol. The van der Waals surface area contributed by atoms with E-state index in [0.717, 1.165) is 25.6 Å². The molecular weight excluding hydrogens is 191 g/mol. The van der Waals surface area contributed by atoms with Gasteiger partial charge in [-0.2, -0.15) is 13.2 Å². The first-order chi connectivity index (χ1) is 6.59. The molecule has 1 nitrogen and oxygen atoms in total. The van der Waals surface area contributed by atoms with Crippen LogP contribution in [0.4, 0.5) is 18.9 Å². The Hall–Kier alpha value is -1.19. The fourth-order valence-corrected chi connectivity index (χ4v) is 1.55. The van der Waals surface area contributed by atoms with Crippen molar-refractivity contribution in [2.45, 2.75) is 12.6 Å². The molecule has 0 amide bonds. The molecule has 76 valence electrons. The Morgan fingerprint density at radius 3 is 2.21 bits per heavy atom. The molecule has 1 fully saturated rings. The molecule has 0 spiro atoms. The fourth-order valence-electron chi connectivity index (χ4n) is 1.55. The van der Waals surface area contributed by atoms with Crippen molar-refractivity contribution in [2.24, 2.45) is 0 Å². The molecule has 0 bridgehead atoms. The quantitative estimate of drug-likeness (QED) is 0.675. The summed E-state index contributed by atoms with van der Waals surface area (Å²) in [5.74, 6) is 0. The first kappa shape index (κ1) is 9.37. The summed E-state index contributed by atoms with van der Waals surface area (Å²) >= 11 is 0. The summed E-state index contributed by atoms with van der Waals surface area (Å²) < 4.78 is 37.6. The molecule has 1 saturated heterocycles. The zero-order chi connectivity index (χ0) is 10.2. The third-order valence-corrected chi connectivity index (χ3v) is 2.41. The van der Waals surface area contributed by atoms with Gasteiger partial charge in [-0.05, 0) is 18.6 Å². The molecule has 0 atom stereocenters. The van der Waals surface area contributed by atoms with Crippen molar-refractivity contribution in [2.75, 3.05) is 18.0 Å². The van der Waals surface area contributed by atoms with Crippen molar-refractivity contribution < 1.29 is 13.2 Å². The Labute approximate surface area is 80.1 Å². The first-order valence-electron chi connectivity index (χ1n) is 4.50. The van der Waals surface area contributed by atoms with Crippen LogP contribution in [0, 0.1) is 0 Å². The third-order valence-electron chi connectivity index (χ3n) is 2.41. The second kappa shape index (κ2) is 3.19. The number of halogens is 3. The number of alkyl halides is 3. The molecule has 4 heteroatoms. The number of rotatable bonds is 1. The molecule has 0 aliphatic carbocycles. The number of benzene rings is 1. The summed E-state index contributed by atoms with van der Waals surface area (Å²) in [5, 5.41) is 0. The van der Waals surface area contributed by atoms with E-state index >= 15 is 0 Å². The Balaban J connectivity index is 2.38. The summed E-state index contributed by atoms with van der Waals surface area (Å²) in [4.78, 5) is 1.75. The molecule has 0 unspecified atom stereocenters. The zero-order valence-electron chi connectivity index (χ0n) is 7.51. The van der Waals surface area contributed by atoms with Crippen LogP contribution < -0.4 is 4.90 Å². The largest absolute Gasteiger partial charge is 0.418 e. The molecule has 1 aliphatic heterocycles. The van der Waals surface area contributed by atoms with E-state index in [1.165, 1.54) is 12.1 Å². The lowest BCUT2D eigenvalue weighted by Gasteiger charge is -2.35. The highest BCUT2D eigenvalue weighted by Crippen LogP contribution is 2.37. The van der Waals surface area contributed by atoms with E-state index in [0.29, 0.717) is 5.69 Å². The van der Waals surface area contributed by atoms with Gasteiger partial charge >= 0.3 is 6.18 Å². The lowest BCUT2D eigenvalue weighted by atomic mass is 10.1. The Morgan fingerprint density at radius 1 is 1.07 bits per heavy atom. The van der Waals surface area contributed by atoms with Crippen molar-refractivity contribution in [1.29, 1.82) is 0 Å². The van der Waals surface area contributed by atoms with Crippen molar-refractivity contribution in [3.8, 4) is 0 Å². The minimum atomic E-state index is -4.24. The van der Waals surface area contributed by atoms with E-state index in [2.05, 4.69) is 0 Å². The van der Waals surface area contributed by atoms with Gasteiger partial charge in [0.25, 0.3) is 0 Å². The molecular formula is C10H10F3N. The van der Waals surface area contributed by atoms with Crippen molar-refractivity contribution in [1.82, 2.24) is 0 Å². The number of para-hydroxylation sites is 1. The molecule has 1 aliphatic rings. The summed E-state index contributed by atoms with van der Waals surface area (Å²) in [6.07, 6.45) is -3.27. The Morgan fingerprint density at radius 2 is 1.71 bits per heavy atom. The summed E-state index contributed by atoms with van der Waals surface area (Å²) in [7, 11) is 0. The first-order valence-corrected chi connectivity index (χ1v) is 4.50. The van der Waals surface area contributed by atoms with E-state index in [1.807, 2.05) is 0 Å². The van der Waals surface area contributed by atoms with E-state index in [1.54, 1.807) is 11.0 Å². The van der Waals surface area contributed by atoms with E-state index in [4.69, 9.17) is 0 Å². The van der Waals surface area contributed by atoms with Crippen LogP contribution in [0.15, 0.2) is 24.3 Å². The standard InChI is InChI=1S/C10H10F3N/c11-10(12,13)8-4-1-2-5-9(8)14-6-3-7-14/h1-2,4-5H,3,6-7H2. The van der Waals surface area contributed by atoms with Gasteiger partial charge in [0.15, 0.2) is 0 Å². The fraction of sp³-hybridized carbons (Fsp3) is 0.400. The molecule has 1 heterocycles. The van der Waals surface area contributed by atoms with Crippen LogP contribution in [-0.4, -0.2) is 13.1 Å². The van der Waals surface area contributed by atoms with Crippen LogP contribution in [0.25, 0.3) is 0 Å². The minimum Gasteiger partial charge on any atom is -0.371 e. The van der Waals surface area contributed by atoms with Gasteiger partial charge in [0, 0.05) is 18.8 Å². The van der Waals surface area contributed by atoms with Crippen LogP contribution in [0.3, 0.4) is 0 Å². The maximum Gasteiger partial charge on any atom is 0.418 e. The molecule has 0 saturated carbocycles. The van der Waals surface area contributed by atoms with E-state index in [-0.39, 0.29) is 0 Å². The van der Waals surface area contributed by atoms with Gasteiger partial charge < -0.3 is 4.90 Å². The van der Waals surface area contributed by atoms with Crippen molar-refractivity contribution in [3.05, 3.63) is 29.8 Å². The van der Waals surface area contributed by atoms with E-state index in [9.17, 15) is 13.2 Å². The zero-order valence-corrected chi connectivity index (χ0v) is 7.51. The molecule has 0 N–H and O–H groups in total. The van der Waals surface area contributed by atoms with Crippen LogP contribution in [-0.2, 0) is 6.18 Å². The second-order valence-corrected chi connectivity index (χ2v) is 3.36. The topological polar surface area (TPSA) is 3.24 Å². The average Bonchev–Trinajstić information content (AvgIpc) is 2.00. The SMILES string of the molecule is FC(F)(F)c1ccccc1N1CCC1. The second-order valence-electron chi connectivity index (χ2n) is 3.36. The van der Waals surface area contributed by atoms with Gasteiger partial charge in [0.1, 0.15) is 0 Å². The van der Waals surface area contributed by atoms with Crippen LogP contribution in [0.1, 0.15) is 12.0 Å². The lowest BCUT2D eigenvalue weighted by Crippen LogP contribution is -2.38. The smallest absolute Gasteiger partial charge is 0.371 e. The van der Waals surface area contributed by atoms with Gasteiger partial charge in [-0.3, -0.25) is 0 Å². The Bertz CT molecular complexity index is 328. The molecule has 1 aromatic carbocycles. The number of hydrogen-bond donors (Lipinski definition) is 0. The summed E-state index contributed by atoms with van der Waals surface area (Å²) in [6, 6.07) is 5.73. The molecule has 0 aromatic heterocycles. The minimum absolute atomic E-state index is 0.311. The molecule has 2 rings (SSSR count). The van der Waals surface area contributed by atoms with E-state index < -0.39 is 11.7 Å². The van der Waals surface area contributed by atoms with Crippen LogP contribution in [0.2, 0.25) is 0 Å². The van der Waals surface area contributed by atoms with Gasteiger partial charge in [0.2, 0.25) is 0 Å². The highest BCUT2D eigenvalue weighted by atomic mass is 19.4. The molecule has 1 aromatic rings. The van der Waals surface area contributed by atoms with Crippen molar-refractivity contribution in [3.63, 3.8) is 0 Å². The van der Waals surface area contributed by atoms with Gasteiger partial charge in [-0.1, -0.05) is 12.1 Å². The molecule has 14 heavy (non-hydrogen) atoms. The van der Waals surface area contributed by atoms with Gasteiger partial charge in [-0.25, -0.2) is 0 Å². The van der Waals surface area contributed by atoms with Crippen molar-refractivity contribution >= 4 is 5.69 Å². The highest BCUT2D eigenvalue weighted by Gasteiger charge is 2.35. The normalized spacial score (nSPS) is 16.6. The van der Waals surface area contributed by atoms with Gasteiger partial charge in [-0.15, -0.1) is 0 Å². The predicted molar refractivity (Wildman–Crippen MR) is 48.3 cm³/mol. The lowest BCUT2D eigenvalue weighted by molar-refractivity contribution is -0.137. The Kier molecular flexibility index (Phi) is 2.13. The maximum absolute atomic E-state index is 12.5. The summed E-state index contributed by atoms with van der Waals surface area (Å²) in [5.41, 5.74) is -0.217. The van der Waals surface area contributed by atoms with Crippen LogP contribution in [0.5, 0.6) is 0 Å². The number of hydrogen-bond acceptors (Lipinski definition) is 1. The number of nitrogens with zero attached hydrogens (tertiary/aromatic N) is 1. The predicted octanol–water partition coefficient (Wildman–Crippen LogP) is 2.92. The monoisotopic (exact) mass is 201 g/mol. The maximum atomic E-state index is 12.5. The molecule has 0 radical (unpaired) electrons. The van der Waals surface area contributed by atoms with Crippen LogP contribution >= 0.6 is 0 Å². The third kappa shape index (κ3) is 1.56. The number of anilines is 1. The van der Waals surface area contributed by atoms with Gasteiger partial charge in [0.05, 0.1) is 5.56 Å². The summed E-state index contributed by atoms with van der Waals surface area (Å²) in [6.45, 7) is 1.46. The highest BCUT2D eigenvalue weighted by molar-refractivity contribution is 5.56.